The van der Waals surface area contributed by atoms with Crippen LogP contribution in [0.3, 0.4) is 0 Å². The monoisotopic (exact) mass is 225 g/mol. The molecule has 1 fully saturated rings. The molecule has 0 saturated carbocycles. The van der Waals surface area contributed by atoms with Crippen LogP contribution in [0.5, 0.6) is 5.75 Å². The third-order valence-electron chi connectivity index (χ3n) is 2.67. The molecule has 1 aliphatic rings. The smallest absolute Gasteiger partial charge is 0.142 e. The largest absolute Gasteiger partial charge is 0.489 e. The maximum absolute atomic E-state index is 12.8. The molecule has 88 valence electrons. The first kappa shape index (κ1) is 11.2. The fourth-order valence-corrected chi connectivity index (χ4v) is 1.77. The fraction of sp³-hybridized carbons (Fsp3) is 0.500. The summed E-state index contributed by atoms with van der Waals surface area (Å²) < 4.78 is 23.8. The van der Waals surface area contributed by atoms with Crippen LogP contribution in [0.2, 0.25) is 0 Å². The van der Waals surface area contributed by atoms with Crippen LogP contribution >= 0.6 is 0 Å². The number of nitrogen functional groups attached to an aromatic ring is 1. The summed E-state index contributed by atoms with van der Waals surface area (Å²) in [5.41, 5.74) is 5.96. The van der Waals surface area contributed by atoms with Crippen molar-refractivity contribution in [2.75, 3.05) is 18.9 Å². The van der Waals surface area contributed by atoms with Crippen molar-refractivity contribution in [3.05, 3.63) is 24.0 Å². The lowest BCUT2D eigenvalue weighted by atomic mass is 10.1. The van der Waals surface area contributed by atoms with Crippen LogP contribution in [-0.2, 0) is 4.74 Å². The number of nitrogens with two attached hydrogens (primary N) is 1. The van der Waals surface area contributed by atoms with E-state index in [1.165, 1.54) is 18.6 Å². The Morgan fingerprint density at radius 1 is 1.44 bits per heavy atom. The zero-order valence-corrected chi connectivity index (χ0v) is 9.12. The van der Waals surface area contributed by atoms with Gasteiger partial charge in [0.2, 0.25) is 0 Å². The van der Waals surface area contributed by atoms with Crippen molar-refractivity contribution < 1.29 is 13.9 Å². The lowest BCUT2D eigenvalue weighted by Gasteiger charge is -2.22. The summed E-state index contributed by atoms with van der Waals surface area (Å²) in [6, 6.07) is 4.15. The summed E-state index contributed by atoms with van der Waals surface area (Å²) in [6.45, 7) is 1.28. The summed E-state index contributed by atoms with van der Waals surface area (Å²) in [5.74, 6) is 0.175. The highest BCUT2D eigenvalue weighted by molar-refractivity contribution is 5.52. The predicted octanol–water partition coefficient (Wildman–Crippen LogP) is 2.36. The van der Waals surface area contributed by atoms with E-state index in [0.717, 1.165) is 19.4 Å². The molecule has 16 heavy (non-hydrogen) atoms. The van der Waals surface area contributed by atoms with Crippen molar-refractivity contribution in [1.29, 1.82) is 0 Å². The first-order chi connectivity index (χ1) is 7.75. The number of halogens is 1. The van der Waals surface area contributed by atoms with E-state index >= 15 is 0 Å². The second kappa shape index (κ2) is 5.16. The summed E-state index contributed by atoms with van der Waals surface area (Å²) in [6.07, 6.45) is 3.45. The third-order valence-corrected chi connectivity index (χ3v) is 2.67. The molecule has 3 nitrogen and oxygen atoms in total. The average Bonchev–Trinajstić information content (AvgIpc) is 2.29. The maximum Gasteiger partial charge on any atom is 0.142 e. The SMILES string of the molecule is Nc1cc(F)ccc1OCC1CCCCO1. The Labute approximate surface area is 94.3 Å². The van der Waals surface area contributed by atoms with Gasteiger partial charge in [0.1, 0.15) is 18.2 Å². The molecule has 4 heteroatoms. The van der Waals surface area contributed by atoms with Gasteiger partial charge in [-0.05, 0) is 31.4 Å². The van der Waals surface area contributed by atoms with E-state index < -0.39 is 0 Å². The molecule has 1 aromatic rings. The quantitative estimate of drug-likeness (QED) is 0.803. The molecule has 0 aromatic heterocycles. The minimum atomic E-state index is -0.348. The van der Waals surface area contributed by atoms with Gasteiger partial charge in [0, 0.05) is 12.7 Å². The minimum absolute atomic E-state index is 0.137. The molecule has 1 atom stereocenters. The molecule has 1 unspecified atom stereocenters. The molecule has 1 heterocycles. The number of ether oxygens (including phenoxy) is 2. The Morgan fingerprint density at radius 3 is 3.00 bits per heavy atom. The van der Waals surface area contributed by atoms with Crippen molar-refractivity contribution in [2.24, 2.45) is 0 Å². The van der Waals surface area contributed by atoms with Crippen molar-refractivity contribution in [1.82, 2.24) is 0 Å². The van der Waals surface area contributed by atoms with E-state index in [0.29, 0.717) is 18.0 Å². The van der Waals surface area contributed by atoms with Crippen LogP contribution in [0.1, 0.15) is 19.3 Å². The standard InChI is InChI=1S/C12H16FNO2/c13-9-4-5-12(11(14)7-9)16-8-10-3-1-2-6-15-10/h4-5,7,10H,1-3,6,8,14H2. The predicted molar refractivity (Wildman–Crippen MR) is 59.9 cm³/mol. The van der Waals surface area contributed by atoms with E-state index in [2.05, 4.69) is 0 Å². The minimum Gasteiger partial charge on any atom is -0.489 e. The Bertz CT molecular complexity index is 351. The lowest BCUT2D eigenvalue weighted by Crippen LogP contribution is -2.25. The molecule has 1 saturated heterocycles. The summed E-state index contributed by atoms with van der Waals surface area (Å²) in [4.78, 5) is 0. The molecular weight excluding hydrogens is 209 g/mol. The zero-order chi connectivity index (χ0) is 11.4. The Hall–Kier alpha value is -1.29. The summed E-state index contributed by atoms with van der Waals surface area (Å²) in [5, 5.41) is 0. The first-order valence-electron chi connectivity index (χ1n) is 5.55. The fourth-order valence-electron chi connectivity index (χ4n) is 1.77. The van der Waals surface area contributed by atoms with Crippen molar-refractivity contribution in [2.45, 2.75) is 25.4 Å². The van der Waals surface area contributed by atoms with Crippen LogP contribution < -0.4 is 10.5 Å². The van der Waals surface area contributed by atoms with Crippen LogP contribution in [0.15, 0.2) is 18.2 Å². The van der Waals surface area contributed by atoms with Gasteiger partial charge >= 0.3 is 0 Å². The highest BCUT2D eigenvalue weighted by Crippen LogP contribution is 2.23. The molecule has 1 aliphatic heterocycles. The topological polar surface area (TPSA) is 44.5 Å². The number of rotatable bonds is 3. The molecule has 2 rings (SSSR count). The van der Waals surface area contributed by atoms with Crippen LogP contribution in [-0.4, -0.2) is 19.3 Å². The van der Waals surface area contributed by atoms with Gasteiger partial charge < -0.3 is 15.2 Å². The van der Waals surface area contributed by atoms with Gasteiger partial charge in [-0.2, -0.15) is 0 Å². The number of hydrogen-bond donors (Lipinski definition) is 1. The molecule has 0 bridgehead atoms. The van der Waals surface area contributed by atoms with E-state index in [9.17, 15) is 4.39 Å². The molecule has 0 aliphatic carbocycles. The van der Waals surface area contributed by atoms with E-state index in [4.69, 9.17) is 15.2 Å². The Kier molecular flexibility index (Phi) is 3.62. The third kappa shape index (κ3) is 2.85. The second-order valence-electron chi connectivity index (χ2n) is 3.98. The van der Waals surface area contributed by atoms with Gasteiger partial charge in [0.05, 0.1) is 11.8 Å². The summed E-state index contributed by atoms with van der Waals surface area (Å²) in [7, 11) is 0. The second-order valence-corrected chi connectivity index (χ2v) is 3.98. The summed E-state index contributed by atoms with van der Waals surface area (Å²) >= 11 is 0. The molecule has 1 aromatic carbocycles. The maximum atomic E-state index is 12.8. The molecule has 2 N–H and O–H groups in total. The van der Waals surface area contributed by atoms with E-state index in [1.807, 2.05) is 0 Å². The van der Waals surface area contributed by atoms with Gasteiger partial charge in [-0.3, -0.25) is 0 Å². The van der Waals surface area contributed by atoms with Gasteiger partial charge in [-0.15, -0.1) is 0 Å². The highest BCUT2D eigenvalue weighted by atomic mass is 19.1. The number of benzene rings is 1. The van der Waals surface area contributed by atoms with Crippen LogP contribution in [0.4, 0.5) is 10.1 Å². The molecule has 0 spiro atoms. The number of anilines is 1. The van der Waals surface area contributed by atoms with Crippen molar-refractivity contribution in [3.8, 4) is 5.75 Å². The molecule has 0 amide bonds. The van der Waals surface area contributed by atoms with Crippen LogP contribution in [0, 0.1) is 5.82 Å². The van der Waals surface area contributed by atoms with E-state index in [-0.39, 0.29) is 11.9 Å². The van der Waals surface area contributed by atoms with Gasteiger partial charge in [0.15, 0.2) is 0 Å². The zero-order valence-electron chi connectivity index (χ0n) is 9.12. The molecular formula is C12H16FNO2. The van der Waals surface area contributed by atoms with Gasteiger partial charge in [0.25, 0.3) is 0 Å². The normalized spacial score (nSPS) is 20.7. The van der Waals surface area contributed by atoms with Crippen LogP contribution in [0.25, 0.3) is 0 Å². The number of hydrogen-bond acceptors (Lipinski definition) is 3. The van der Waals surface area contributed by atoms with E-state index in [1.54, 1.807) is 6.07 Å². The first-order valence-corrected chi connectivity index (χ1v) is 5.55. The average molecular weight is 225 g/mol. The van der Waals surface area contributed by atoms with Crippen molar-refractivity contribution >= 4 is 5.69 Å². The molecule has 0 radical (unpaired) electrons. The Morgan fingerprint density at radius 2 is 2.31 bits per heavy atom. The van der Waals surface area contributed by atoms with Gasteiger partial charge in [-0.25, -0.2) is 4.39 Å². The Balaban J connectivity index is 1.88. The lowest BCUT2D eigenvalue weighted by molar-refractivity contribution is -0.0109. The van der Waals surface area contributed by atoms with Crippen molar-refractivity contribution in [3.63, 3.8) is 0 Å². The van der Waals surface area contributed by atoms with Gasteiger partial charge in [-0.1, -0.05) is 0 Å². The highest BCUT2D eigenvalue weighted by Gasteiger charge is 2.14.